The number of nitrogens with one attached hydrogen (secondary N) is 1. The Morgan fingerprint density at radius 2 is 2.19 bits per heavy atom. The van der Waals surface area contributed by atoms with Crippen molar-refractivity contribution in [2.24, 2.45) is 5.41 Å². The third-order valence-electron chi connectivity index (χ3n) is 3.65. The maximum absolute atomic E-state index is 9.37. The van der Waals surface area contributed by atoms with Gasteiger partial charge < -0.3 is 5.32 Å². The van der Waals surface area contributed by atoms with Crippen LogP contribution in [0.4, 0.5) is 5.69 Å². The van der Waals surface area contributed by atoms with E-state index >= 15 is 0 Å². The molecule has 0 spiro atoms. The predicted molar refractivity (Wildman–Crippen MR) is 69.1 cm³/mol. The average molecular weight is 279 g/mol. The van der Waals surface area contributed by atoms with E-state index in [0.717, 1.165) is 23.0 Å². The summed E-state index contributed by atoms with van der Waals surface area (Å²) in [6.45, 7) is 4.15. The van der Waals surface area contributed by atoms with Gasteiger partial charge in [0, 0.05) is 15.6 Å². The van der Waals surface area contributed by atoms with Crippen molar-refractivity contribution in [1.29, 1.82) is 5.26 Å². The van der Waals surface area contributed by atoms with Gasteiger partial charge in [-0.25, -0.2) is 0 Å². The summed E-state index contributed by atoms with van der Waals surface area (Å²) in [5.74, 6) is 0. The molecule has 1 unspecified atom stereocenters. The van der Waals surface area contributed by atoms with Crippen molar-refractivity contribution in [3.63, 3.8) is 0 Å². The summed E-state index contributed by atoms with van der Waals surface area (Å²) in [4.78, 5) is 0. The molecule has 0 radical (unpaired) electrons. The average Bonchev–Trinajstić information content (AvgIpc) is 2.98. The molecule has 0 bridgehead atoms. The molecule has 0 amide bonds. The summed E-state index contributed by atoms with van der Waals surface area (Å²) in [7, 11) is 0. The number of hydrogen-bond acceptors (Lipinski definition) is 2. The fourth-order valence-electron chi connectivity index (χ4n) is 1.86. The number of nitriles is 1. The number of benzene rings is 1. The maximum Gasteiger partial charge on any atom is 0.127 e. The Kier molecular flexibility index (Phi) is 2.71. The minimum Gasteiger partial charge on any atom is -0.367 e. The molecule has 3 heteroatoms. The Bertz CT molecular complexity index is 445. The molecule has 0 saturated heterocycles. The van der Waals surface area contributed by atoms with E-state index in [1.165, 1.54) is 0 Å². The summed E-state index contributed by atoms with van der Waals surface area (Å²) >= 11 is 3.43. The highest BCUT2D eigenvalue weighted by molar-refractivity contribution is 9.10. The minimum atomic E-state index is -0.478. The van der Waals surface area contributed by atoms with E-state index < -0.39 is 5.54 Å². The second kappa shape index (κ2) is 3.78. The van der Waals surface area contributed by atoms with Gasteiger partial charge in [0.05, 0.1) is 6.07 Å². The molecular weight excluding hydrogens is 264 g/mol. The Hall–Kier alpha value is -1.01. The zero-order chi connectivity index (χ0) is 11.8. The van der Waals surface area contributed by atoms with Crippen molar-refractivity contribution in [3.05, 3.63) is 28.7 Å². The molecular formula is C13H15BrN2. The van der Waals surface area contributed by atoms with E-state index in [2.05, 4.69) is 34.2 Å². The van der Waals surface area contributed by atoms with E-state index in [9.17, 15) is 5.26 Å². The SMILES string of the molecule is CC1(C(C)(C#N)Nc2cccc(Br)c2)CC1. The van der Waals surface area contributed by atoms with Crippen LogP contribution in [0, 0.1) is 16.7 Å². The van der Waals surface area contributed by atoms with Crippen LogP contribution in [-0.4, -0.2) is 5.54 Å². The topological polar surface area (TPSA) is 35.8 Å². The van der Waals surface area contributed by atoms with Crippen molar-refractivity contribution in [1.82, 2.24) is 0 Å². The summed E-state index contributed by atoms with van der Waals surface area (Å²) in [5.41, 5.74) is 0.629. The van der Waals surface area contributed by atoms with Crippen molar-refractivity contribution in [3.8, 4) is 6.07 Å². The van der Waals surface area contributed by atoms with Gasteiger partial charge in [0.15, 0.2) is 0 Å². The first-order chi connectivity index (χ1) is 7.49. The monoisotopic (exact) mass is 278 g/mol. The van der Waals surface area contributed by atoms with Gasteiger partial charge in [-0.1, -0.05) is 28.9 Å². The third-order valence-corrected chi connectivity index (χ3v) is 4.14. The molecule has 0 aromatic heterocycles. The molecule has 2 rings (SSSR count). The first-order valence-corrected chi connectivity index (χ1v) is 6.23. The number of anilines is 1. The first-order valence-electron chi connectivity index (χ1n) is 5.44. The van der Waals surface area contributed by atoms with E-state index in [0.29, 0.717) is 0 Å². The Balaban J connectivity index is 2.23. The molecule has 0 aliphatic heterocycles. The van der Waals surface area contributed by atoms with Gasteiger partial charge in [0.2, 0.25) is 0 Å². The standard InChI is InChI=1S/C13H15BrN2/c1-12(6-7-12)13(2,9-15)16-11-5-3-4-10(14)8-11/h3-5,8,16H,6-7H2,1-2H3. The van der Waals surface area contributed by atoms with Crippen LogP contribution in [0.5, 0.6) is 0 Å². The molecule has 1 N–H and O–H groups in total. The first kappa shape index (κ1) is 11.5. The van der Waals surface area contributed by atoms with Gasteiger partial charge in [0.25, 0.3) is 0 Å². The molecule has 16 heavy (non-hydrogen) atoms. The van der Waals surface area contributed by atoms with Crippen LogP contribution >= 0.6 is 15.9 Å². The molecule has 1 aliphatic carbocycles. The Morgan fingerprint density at radius 3 is 2.69 bits per heavy atom. The van der Waals surface area contributed by atoms with Crippen molar-refractivity contribution >= 4 is 21.6 Å². The van der Waals surface area contributed by atoms with Gasteiger partial charge in [-0.2, -0.15) is 5.26 Å². The number of halogens is 1. The van der Waals surface area contributed by atoms with E-state index in [1.54, 1.807) is 0 Å². The maximum atomic E-state index is 9.37. The summed E-state index contributed by atoms with van der Waals surface area (Å²) in [6.07, 6.45) is 2.25. The summed E-state index contributed by atoms with van der Waals surface area (Å²) in [6, 6.07) is 10.4. The van der Waals surface area contributed by atoms with Gasteiger partial charge >= 0.3 is 0 Å². The lowest BCUT2D eigenvalue weighted by Gasteiger charge is -2.31. The lowest BCUT2D eigenvalue weighted by atomic mass is 9.85. The van der Waals surface area contributed by atoms with Crippen LogP contribution < -0.4 is 5.32 Å². The van der Waals surface area contributed by atoms with Gasteiger partial charge in [0.1, 0.15) is 5.54 Å². The molecule has 84 valence electrons. The van der Waals surface area contributed by atoms with Crippen LogP contribution in [0.2, 0.25) is 0 Å². The summed E-state index contributed by atoms with van der Waals surface area (Å²) < 4.78 is 1.03. The van der Waals surface area contributed by atoms with Gasteiger partial charge in [-0.05, 0) is 38.0 Å². The lowest BCUT2D eigenvalue weighted by molar-refractivity contribution is 0.405. The molecule has 1 fully saturated rings. The summed E-state index contributed by atoms with van der Waals surface area (Å²) in [5, 5.41) is 12.7. The van der Waals surface area contributed by atoms with Crippen LogP contribution in [0.15, 0.2) is 28.7 Å². The van der Waals surface area contributed by atoms with Crippen LogP contribution in [0.25, 0.3) is 0 Å². The molecule has 1 saturated carbocycles. The third kappa shape index (κ3) is 1.94. The molecule has 1 aliphatic rings. The van der Waals surface area contributed by atoms with E-state index in [4.69, 9.17) is 0 Å². The van der Waals surface area contributed by atoms with Crippen LogP contribution in [0.3, 0.4) is 0 Å². The fraction of sp³-hybridized carbons (Fsp3) is 0.462. The lowest BCUT2D eigenvalue weighted by Crippen LogP contribution is -2.41. The normalized spacial score (nSPS) is 20.6. The second-order valence-corrected chi connectivity index (χ2v) is 5.85. The predicted octanol–water partition coefficient (Wildman–Crippen LogP) is 3.94. The van der Waals surface area contributed by atoms with Crippen molar-refractivity contribution in [2.75, 3.05) is 5.32 Å². The van der Waals surface area contributed by atoms with E-state index in [1.807, 2.05) is 31.2 Å². The number of rotatable bonds is 3. The molecule has 1 atom stereocenters. The molecule has 1 aromatic carbocycles. The highest BCUT2D eigenvalue weighted by atomic mass is 79.9. The fourth-order valence-corrected chi connectivity index (χ4v) is 2.26. The Labute approximate surface area is 105 Å². The van der Waals surface area contributed by atoms with Crippen molar-refractivity contribution < 1.29 is 0 Å². The number of hydrogen-bond donors (Lipinski definition) is 1. The zero-order valence-corrected chi connectivity index (χ0v) is 11.1. The molecule has 2 nitrogen and oxygen atoms in total. The number of nitrogens with zero attached hydrogens (tertiary/aromatic N) is 1. The minimum absolute atomic E-state index is 0.115. The highest BCUT2D eigenvalue weighted by Crippen LogP contribution is 2.54. The highest BCUT2D eigenvalue weighted by Gasteiger charge is 2.53. The molecule has 0 heterocycles. The molecule has 1 aromatic rings. The zero-order valence-electron chi connectivity index (χ0n) is 9.55. The van der Waals surface area contributed by atoms with E-state index in [-0.39, 0.29) is 5.41 Å². The largest absolute Gasteiger partial charge is 0.367 e. The Morgan fingerprint density at radius 1 is 1.50 bits per heavy atom. The van der Waals surface area contributed by atoms with Gasteiger partial charge in [-0.15, -0.1) is 0 Å². The van der Waals surface area contributed by atoms with Crippen LogP contribution in [-0.2, 0) is 0 Å². The second-order valence-electron chi connectivity index (χ2n) is 4.93. The van der Waals surface area contributed by atoms with Crippen LogP contribution in [0.1, 0.15) is 26.7 Å². The van der Waals surface area contributed by atoms with Crippen molar-refractivity contribution in [2.45, 2.75) is 32.2 Å². The quantitative estimate of drug-likeness (QED) is 0.909. The van der Waals surface area contributed by atoms with Gasteiger partial charge in [-0.3, -0.25) is 0 Å². The smallest absolute Gasteiger partial charge is 0.127 e.